The van der Waals surface area contributed by atoms with E-state index in [0.29, 0.717) is 6.33 Å². The second-order valence-electron chi connectivity index (χ2n) is 5.24. The molecule has 1 N–H and O–H groups in total. The van der Waals surface area contributed by atoms with Crippen molar-refractivity contribution in [1.82, 2.24) is 14.7 Å². The maximum absolute atomic E-state index is 13.2. The number of carbonyl (C=O) groups excluding carboxylic acids is 2. The van der Waals surface area contributed by atoms with Crippen molar-refractivity contribution in [2.24, 2.45) is 0 Å². The Bertz CT molecular complexity index is 837. The molecular formula is C16H12FN3O4. The number of halogens is 1. The first-order valence-corrected chi connectivity index (χ1v) is 7.00. The summed E-state index contributed by atoms with van der Waals surface area (Å²) >= 11 is 0. The van der Waals surface area contributed by atoms with Crippen molar-refractivity contribution in [3.8, 4) is 0 Å². The van der Waals surface area contributed by atoms with E-state index >= 15 is 0 Å². The van der Waals surface area contributed by atoms with Gasteiger partial charge in [0.05, 0.1) is 42.3 Å². The normalized spacial score (nSPS) is 14.2. The highest BCUT2D eigenvalue weighted by atomic mass is 19.1. The number of hydrogen-bond acceptors (Lipinski definition) is 4. The van der Waals surface area contributed by atoms with Gasteiger partial charge in [-0.1, -0.05) is 12.1 Å². The second-order valence-corrected chi connectivity index (χ2v) is 5.24. The van der Waals surface area contributed by atoms with Gasteiger partial charge in [-0.3, -0.25) is 19.2 Å². The van der Waals surface area contributed by atoms with Crippen molar-refractivity contribution in [1.29, 1.82) is 0 Å². The molecular weight excluding hydrogens is 317 g/mol. The van der Waals surface area contributed by atoms with Gasteiger partial charge in [0.15, 0.2) is 0 Å². The molecule has 1 aliphatic heterocycles. The third kappa shape index (κ3) is 2.69. The quantitative estimate of drug-likeness (QED) is 0.843. The minimum atomic E-state index is -1.15. The van der Waals surface area contributed by atoms with E-state index in [1.165, 1.54) is 10.9 Å². The number of amides is 2. The molecule has 1 aliphatic rings. The van der Waals surface area contributed by atoms with Crippen LogP contribution in [0, 0.1) is 0 Å². The van der Waals surface area contributed by atoms with Gasteiger partial charge in [0.25, 0.3) is 11.8 Å². The lowest BCUT2D eigenvalue weighted by Crippen LogP contribution is -2.32. The number of aromatic nitrogens is 2. The number of imide groups is 1. The van der Waals surface area contributed by atoms with Gasteiger partial charge in [-0.05, 0) is 17.7 Å². The molecule has 0 saturated carbocycles. The molecule has 7 nitrogen and oxygen atoms in total. The third-order valence-corrected chi connectivity index (χ3v) is 3.64. The first kappa shape index (κ1) is 15.6. The van der Waals surface area contributed by atoms with Gasteiger partial charge in [-0.25, -0.2) is 9.18 Å². The maximum atomic E-state index is 13.2. The summed E-state index contributed by atoms with van der Waals surface area (Å²) < 4.78 is 14.4. The standard InChI is InChI=1S/C16H12FN3O4/c17-5-10(7-19-9-11(6-18-19)16(23)24)8-20-14(21)12-3-1-2-4-13(12)15(20)22/h1-6,9H,7-8H2,(H,23,24)/b10-5-. The summed E-state index contributed by atoms with van der Waals surface area (Å²) in [4.78, 5) is 36.3. The highest BCUT2D eigenvalue weighted by molar-refractivity contribution is 6.21. The molecule has 24 heavy (non-hydrogen) atoms. The van der Waals surface area contributed by atoms with Gasteiger partial charge < -0.3 is 5.11 Å². The van der Waals surface area contributed by atoms with Crippen LogP contribution in [0.5, 0.6) is 0 Å². The lowest BCUT2D eigenvalue weighted by Gasteiger charge is -2.15. The number of rotatable bonds is 5. The molecule has 3 rings (SSSR count). The van der Waals surface area contributed by atoms with E-state index < -0.39 is 17.8 Å². The van der Waals surface area contributed by atoms with Crippen LogP contribution in [0.1, 0.15) is 31.1 Å². The minimum Gasteiger partial charge on any atom is -0.478 e. The minimum absolute atomic E-state index is 0.0334. The average Bonchev–Trinajstić information content (AvgIpc) is 3.14. The maximum Gasteiger partial charge on any atom is 0.338 e. The number of nitrogens with zero attached hydrogens (tertiary/aromatic N) is 3. The summed E-state index contributed by atoms with van der Waals surface area (Å²) in [5, 5.41) is 12.7. The smallest absolute Gasteiger partial charge is 0.338 e. The van der Waals surface area contributed by atoms with Gasteiger partial charge in [-0.15, -0.1) is 0 Å². The number of aromatic carboxylic acids is 1. The fraction of sp³-hybridized carbons (Fsp3) is 0.125. The molecule has 0 radical (unpaired) electrons. The molecule has 0 spiro atoms. The Morgan fingerprint density at radius 1 is 1.17 bits per heavy atom. The zero-order valence-electron chi connectivity index (χ0n) is 12.3. The zero-order valence-corrected chi connectivity index (χ0v) is 12.3. The molecule has 0 bridgehead atoms. The molecule has 0 saturated heterocycles. The van der Waals surface area contributed by atoms with E-state index in [2.05, 4.69) is 5.10 Å². The van der Waals surface area contributed by atoms with E-state index in [9.17, 15) is 18.8 Å². The molecule has 0 atom stereocenters. The average molecular weight is 329 g/mol. The Kier molecular flexibility index (Phi) is 3.95. The first-order valence-electron chi connectivity index (χ1n) is 7.00. The summed E-state index contributed by atoms with van der Waals surface area (Å²) in [6.07, 6.45) is 2.68. The molecule has 1 aromatic heterocycles. The Balaban J connectivity index is 1.76. The van der Waals surface area contributed by atoms with E-state index in [4.69, 9.17) is 5.11 Å². The number of carboxylic acids is 1. The molecule has 2 aromatic rings. The largest absolute Gasteiger partial charge is 0.478 e. The summed E-state index contributed by atoms with van der Waals surface area (Å²) in [6, 6.07) is 6.38. The summed E-state index contributed by atoms with van der Waals surface area (Å²) in [5.41, 5.74) is 0.652. The van der Waals surface area contributed by atoms with Crippen LogP contribution in [0.2, 0.25) is 0 Å². The SMILES string of the molecule is O=C(O)c1cnn(C/C(=C/F)CN2C(=O)c3ccccc3C2=O)c1. The fourth-order valence-electron chi connectivity index (χ4n) is 2.47. The van der Waals surface area contributed by atoms with Crippen molar-refractivity contribution >= 4 is 17.8 Å². The van der Waals surface area contributed by atoms with Gasteiger partial charge in [-0.2, -0.15) is 5.10 Å². The first-order chi connectivity index (χ1) is 11.5. The molecule has 8 heteroatoms. The lowest BCUT2D eigenvalue weighted by atomic mass is 10.1. The predicted octanol–water partition coefficient (Wildman–Crippen LogP) is 1.73. The van der Waals surface area contributed by atoms with Crippen LogP contribution in [0.3, 0.4) is 0 Å². The van der Waals surface area contributed by atoms with Crippen molar-refractivity contribution in [2.45, 2.75) is 6.54 Å². The van der Waals surface area contributed by atoms with Gasteiger partial charge >= 0.3 is 5.97 Å². The number of carboxylic acid groups (broad SMARTS) is 1. The molecule has 0 fully saturated rings. The predicted molar refractivity (Wildman–Crippen MR) is 80.2 cm³/mol. The number of fused-ring (bicyclic) bond motifs is 1. The summed E-state index contributed by atoms with van der Waals surface area (Å²) in [5.74, 6) is -2.12. The molecule has 0 aliphatic carbocycles. The van der Waals surface area contributed by atoms with Crippen LogP contribution in [0.25, 0.3) is 0 Å². The Morgan fingerprint density at radius 3 is 2.29 bits per heavy atom. The number of hydrogen-bond donors (Lipinski definition) is 1. The zero-order chi connectivity index (χ0) is 17.3. The van der Waals surface area contributed by atoms with Crippen LogP contribution in [-0.4, -0.2) is 44.1 Å². The fourth-order valence-corrected chi connectivity index (χ4v) is 2.47. The topological polar surface area (TPSA) is 92.5 Å². The van der Waals surface area contributed by atoms with Crippen LogP contribution in [0.4, 0.5) is 4.39 Å². The van der Waals surface area contributed by atoms with E-state index in [1.807, 2.05) is 0 Å². The highest BCUT2D eigenvalue weighted by Crippen LogP contribution is 2.23. The van der Waals surface area contributed by atoms with Gasteiger partial charge in [0, 0.05) is 6.20 Å². The van der Waals surface area contributed by atoms with Gasteiger partial charge in [0.2, 0.25) is 0 Å². The Morgan fingerprint density at radius 2 is 1.79 bits per heavy atom. The molecule has 1 aromatic carbocycles. The van der Waals surface area contributed by atoms with Crippen molar-refractivity contribution in [3.63, 3.8) is 0 Å². The molecule has 2 amide bonds. The van der Waals surface area contributed by atoms with E-state index in [1.54, 1.807) is 24.3 Å². The molecule has 0 unspecified atom stereocenters. The third-order valence-electron chi connectivity index (χ3n) is 3.64. The number of benzene rings is 1. The van der Waals surface area contributed by atoms with Crippen molar-refractivity contribution in [3.05, 3.63) is 65.3 Å². The summed E-state index contributed by atoms with van der Waals surface area (Å²) in [7, 11) is 0. The Labute approximate surface area is 135 Å². The van der Waals surface area contributed by atoms with Crippen LogP contribution in [0.15, 0.2) is 48.6 Å². The monoisotopic (exact) mass is 329 g/mol. The summed E-state index contributed by atoms with van der Waals surface area (Å²) in [6.45, 7) is -0.303. The van der Waals surface area contributed by atoms with E-state index in [0.717, 1.165) is 11.1 Å². The van der Waals surface area contributed by atoms with Crippen molar-refractivity contribution < 1.29 is 23.9 Å². The van der Waals surface area contributed by atoms with Crippen LogP contribution < -0.4 is 0 Å². The van der Waals surface area contributed by atoms with Crippen LogP contribution >= 0.6 is 0 Å². The Hall–Kier alpha value is -3.29. The second kappa shape index (κ2) is 6.07. The lowest BCUT2D eigenvalue weighted by molar-refractivity contribution is 0.0662. The van der Waals surface area contributed by atoms with Gasteiger partial charge in [0.1, 0.15) is 0 Å². The van der Waals surface area contributed by atoms with Crippen molar-refractivity contribution in [2.75, 3.05) is 6.54 Å². The van der Waals surface area contributed by atoms with E-state index in [-0.39, 0.29) is 35.4 Å². The highest BCUT2D eigenvalue weighted by Gasteiger charge is 2.35. The van der Waals surface area contributed by atoms with Crippen LogP contribution in [-0.2, 0) is 6.54 Å². The number of carbonyl (C=O) groups is 3. The molecule has 2 heterocycles. The molecule has 122 valence electrons.